The molecule has 0 unspecified atom stereocenters. The number of hydrogen-bond acceptors (Lipinski definition) is 4. The number of hydrogen-bond donors (Lipinski definition) is 1. The molecule has 2 saturated heterocycles. The van der Waals surface area contributed by atoms with Gasteiger partial charge < -0.3 is 19.6 Å². The van der Waals surface area contributed by atoms with Crippen LogP contribution in [0.15, 0.2) is 24.3 Å². The zero-order chi connectivity index (χ0) is 17.1. The monoisotopic (exact) mass is 344 g/mol. The van der Waals surface area contributed by atoms with Crippen molar-refractivity contribution >= 4 is 0 Å². The number of aliphatic hydroxyl groups is 1. The lowest BCUT2D eigenvalue weighted by molar-refractivity contribution is 0.0360. The summed E-state index contributed by atoms with van der Waals surface area (Å²) >= 11 is 0. The molecule has 0 saturated carbocycles. The lowest BCUT2D eigenvalue weighted by Gasteiger charge is -2.41. The SMILES string of the molecule is OC1CCN(C2CCN(C[C@H]3CCOc4ccccc4C3)CC2)CC1. The highest BCUT2D eigenvalue weighted by atomic mass is 16.5. The smallest absolute Gasteiger partial charge is 0.122 e. The molecule has 0 spiro atoms. The standard InChI is InChI=1S/C21H32N2O2/c24-20-7-12-23(13-8-20)19-5-10-22(11-6-19)16-17-9-14-25-21-4-2-1-3-18(21)15-17/h1-4,17,19-20,24H,5-16H2/t17-/m0/s1. The number of para-hydroxylation sites is 1. The Bertz CT molecular complexity index is 549. The van der Waals surface area contributed by atoms with E-state index in [-0.39, 0.29) is 6.10 Å². The summed E-state index contributed by atoms with van der Waals surface area (Å²) in [5.41, 5.74) is 1.38. The zero-order valence-electron chi connectivity index (χ0n) is 15.3. The summed E-state index contributed by atoms with van der Waals surface area (Å²) < 4.78 is 5.93. The first-order valence-corrected chi connectivity index (χ1v) is 10.1. The maximum absolute atomic E-state index is 9.70. The normalized spacial score (nSPS) is 27.5. The van der Waals surface area contributed by atoms with Crippen molar-refractivity contribution in [3.8, 4) is 5.75 Å². The Hall–Kier alpha value is -1.10. The van der Waals surface area contributed by atoms with Crippen LogP contribution in [-0.2, 0) is 6.42 Å². The van der Waals surface area contributed by atoms with Crippen LogP contribution >= 0.6 is 0 Å². The van der Waals surface area contributed by atoms with E-state index in [9.17, 15) is 5.11 Å². The Morgan fingerprint density at radius 2 is 1.72 bits per heavy atom. The van der Waals surface area contributed by atoms with Gasteiger partial charge in [0.05, 0.1) is 12.7 Å². The molecule has 0 aromatic heterocycles. The largest absolute Gasteiger partial charge is 0.493 e. The fourth-order valence-electron chi connectivity index (χ4n) is 4.80. The molecular weight excluding hydrogens is 312 g/mol. The van der Waals surface area contributed by atoms with Crippen LogP contribution in [0.25, 0.3) is 0 Å². The molecule has 25 heavy (non-hydrogen) atoms. The topological polar surface area (TPSA) is 35.9 Å². The third-order valence-corrected chi connectivity index (χ3v) is 6.35. The molecule has 1 aromatic rings. The lowest BCUT2D eigenvalue weighted by Crippen LogP contribution is -2.49. The van der Waals surface area contributed by atoms with Crippen LogP contribution in [-0.4, -0.2) is 66.4 Å². The van der Waals surface area contributed by atoms with Gasteiger partial charge in [0.15, 0.2) is 0 Å². The fourth-order valence-corrected chi connectivity index (χ4v) is 4.80. The van der Waals surface area contributed by atoms with E-state index >= 15 is 0 Å². The molecule has 0 bridgehead atoms. The molecule has 0 aliphatic carbocycles. The van der Waals surface area contributed by atoms with Crippen LogP contribution in [0.3, 0.4) is 0 Å². The van der Waals surface area contributed by atoms with Gasteiger partial charge in [-0.3, -0.25) is 0 Å². The molecule has 3 aliphatic rings. The van der Waals surface area contributed by atoms with Gasteiger partial charge in [0.25, 0.3) is 0 Å². The first kappa shape index (κ1) is 17.3. The van der Waals surface area contributed by atoms with Gasteiger partial charge in [-0.15, -0.1) is 0 Å². The van der Waals surface area contributed by atoms with Crippen molar-refractivity contribution in [3.63, 3.8) is 0 Å². The van der Waals surface area contributed by atoms with E-state index in [0.29, 0.717) is 5.92 Å². The second-order valence-electron chi connectivity index (χ2n) is 8.11. The summed E-state index contributed by atoms with van der Waals surface area (Å²) in [5.74, 6) is 1.81. The summed E-state index contributed by atoms with van der Waals surface area (Å²) in [6.45, 7) is 6.69. The molecule has 4 nitrogen and oxygen atoms in total. The van der Waals surface area contributed by atoms with Gasteiger partial charge in [-0.25, -0.2) is 0 Å². The van der Waals surface area contributed by atoms with E-state index in [2.05, 4.69) is 34.1 Å². The van der Waals surface area contributed by atoms with Crippen LogP contribution in [0.4, 0.5) is 0 Å². The number of piperidine rings is 2. The third-order valence-electron chi connectivity index (χ3n) is 6.35. The van der Waals surface area contributed by atoms with Gasteiger partial charge in [-0.2, -0.15) is 0 Å². The van der Waals surface area contributed by atoms with Crippen molar-refractivity contribution in [2.24, 2.45) is 5.92 Å². The number of benzene rings is 1. The van der Waals surface area contributed by atoms with Crippen molar-refractivity contribution in [2.45, 2.75) is 50.7 Å². The van der Waals surface area contributed by atoms with Crippen LogP contribution in [0.1, 0.15) is 37.7 Å². The van der Waals surface area contributed by atoms with Gasteiger partial charge in [0.2, 0.25) is 0 Å². The van der Waals surface area contributed by atoms with Gasteiger partial charge in [0.1, 0.15) is 5.75 Å². The van der Waals surface area contributed by atoms with Crippen LogP contribution in [0.5, 0.6) is 5.75 Å². The summed E-state index contributed by atoms with van der Waals surface area (Å²) in [6.07, 6.45) is 6.75. The molecule has 1 N–H and O–H groups in total. The Labute approximate surface area is 151 Å². The Balaban J connectivity index is 1.26. The summed E-state index contributed by atoms with van der Waals surface area (Å²) in [7, 11) is 0. The third kappa shape index (κ3) is 4.36. The zero-order valence-corrected chi connectivity index (χ0v) is 15.3. The molecule has 0 amide bonds. The van der Waals surface area contributed by atoms with E-state index in [1.54, 1.807) is 0 Å². The van der Waals surface area contributed by atoms with Crippen LogP contribution in [0, 0.1) is 5.92 Å². The maximum atomic E-state index is 9.70. The Morgan fingerprint density at radius 3 is 2.52 bits per heavy atom. The highest BCUT2D eigenvalue weighted by Gasteiger charge is 2.29. The van der Waals surface area contributed by atoms with E-state index in [0.717, 1.165) is 50.8 Å². The predicted octanol–water partition coefficient (Wildman–Crippen LogP) is 2.55. The molecule has 1 atom stereocenters. The first-order valence-electron chi connectivity index (χ1n) is 10.1. The molecule has 4 heteroatoms. The minimum Gasteiger partial charge on any atom is -0.493 e. The fraction of sp³-hybridized carbons (Fsp3) is 0.714. The average molecular weight is 344 g/mol. The predicted molar refractivity (Wildman–Crippen MR) is 100 cm³/mol. The first-order chi connectivity index (χ1) is 12.3. The molecule has 138 valence electrons. The molecule has 3 heterocycles. The average Bonchev–Trinajstić information content (AvgIpc) is 2.85. The van der Waals surface area contributed by atoms with Crippen molar-refractivity contribution in [3.05, 3.63) is 29.8 Å². The maximum Gasteiger partial charge on any atom is 0.122 e. The summed E-state index contributed by atoms with van der Waals surface area (Å²) in [5, 5.41) is 9.70. The van der Waals surface area contributed by atoms with Gasteiger partial charge in [-0.05, 0) is 69.2 Å². The Kier molecular flexibility index (Phi) is 5.59. The van der Waals surface area contributed by atoms with Crippen LogP contribution < -0.4 is 4.74 Å². The summed E-state index contributed by atoms with van der Waals surface area (Å²) in [4.78, 5) is 5.30. The van der Waals surface area contributed by atoms with E-state index in [1.807, 2.05) is 0 Å². The van der Waals surface area contributed by atoms with E-state index in [4.69, 9.17) is 4.74 Å². The van der Waals surface area contributed by atoms with Crippen molar-refractivity contribution in [2.75, 3.05) is 39.3 Å². The lowest BCUT2D eigenvalue weighted by atomic mass is 9.94. The minimum absolute atomic E-state index is 0.0586. The van der Waals surface area contributed by atoms with Crippen molar-refractivity contribution in [1.82, 2.24) is 9.80 Å². The molecule has 2 fully saturated rings. The van der Waals surface area contributed by atoms with Gasteiger partial charge >= 0.3 is 0 Å². The molecule has 1 aromatic carbocycles. The van der Waals surface area contributed by atoms with E-state index < -0.39 is 0 Å². The highest BCUT2D eigenvalue weighted by Crippen LogP contribution is 2.28. The number of likely N-dealkylation sites (tertiary alicyclic amines) is 2. The molecule has 0 radical (unpaired) electrons. The van der Waals surface area contributed by atoms with Crippen molar-refractivity contribution < 1.29 is 9.84 Å². The number of aliphatic hydroxyl groups excluding tert-OH is 1. The number of rotatable bonds is 3. The van der Waals surface area contributed by atoms with Gasteiger partial charge in [-0.1, -0.05) is 18.2 Å². The molecule has 4 rings (SSSR count). The molecule has 3 aliphatic heterocycles. The highest BCUT2D eigenvalue weighted by molar-refractivity contribution is 5.34. The second-order valence-corrected chi connectivity index (χ2v) is 8.11. The number of fused-ring (bicyclic) bond motifs is 1. The number of ether oxygens (including phenoxy) is 1. The van der Waals surface area contributed by atoms with Gasteiger partial charge in [0, 0.05) is 25.7 Å². The van der Waals surface area contributed by atoms with Crippen LogP contribution in [0.2, 0.25) is 0 Å². The van der Waals surface area contributed by atoms with E-state index in [1.165, 1.54) is 44.5 Å². The van der Waals surface area contributed by atoms with Crippen molar-refractivity contribution in [1.29, 1.82) is 0 Å². The molecular formula is C21H32N2O2. The number of nitrogens with zero attached hydrogens (tertiary/aromatic N) is 2. The Morgan fingerprint density at radius 1 is 0.960 bits per heavy atom. The second kappa shape index (κ2) is 8.07. The summed E-state index contributed by atoms with van der Waals surface area (Å²) in [6, 6.07) is 9.28. The minimum atomic E-state index is -0.0586. The quantitative estimate of drug-likeness (QED) is 0.914.